The molecular weight excluding hydrogens is 256 g/mol. The van der Waals surface area contributed by atoms with E-state index in [1.807, 2.05) is 18.2 Å². The Morgan fingerprint density at radius 1 is 1.25 bits per heavy atom. The number of hydrogen-bond acceptors (Lipinski definition) is 4. The van der Waals surface area contributed by atoms with Gasteiger partial charge in [-0.2, -0.15) is 0 Å². The van der Waals surface area contributed by atoms with Crippen LogP contribution in [-0.2, 0) is 11.2 Å². The van der Waals surface area contributed by atoms with Crippen LogP contribution in [0.5, 0.6) is 5.75 Å². The zero-order valence-corrected chi connectivity index (χ0v) is 11.4. The van der Waals surface area contributed by atoms with Gasteiger partial charge in [0.2, 0.25) is 5.91 Å². The van der Waals surface area contributed by atoms with Crippen LogP contribution in [0.15, 0.2) is 18.2 Å². The minimum Gasteiger partial charge on any atom is -0.491 e. The molecule has 5 heteroatoms. The number of aliphatic hydroxyl groups is 1. The molecule has 0 bridgehead atoms. The van der Waals surface area contributed by atoms with Gasteiger partial charge in [-0.3, -0.25) is 4.79 Å². The Bertz CT molecular complexity index is 510. The number of fused-ring (bicyclic) bond motifs is 1. The molecule has 0 saturated carbocycles. The van der Waals surface area contributed by atoms with Crippen LogP contribution in [0.3, 0.4) is 0 Å². The first-order valence-corrected chi connectivity index (χ1v) is 7.13. The summed E-state index contributed by atoms with van der Waals surface area (Å²) in [6.45, 7) is 1.98. The summed E-state index contributed by atoms with van der Waals surface area (Å²) >= 11 is 0. The number of nitrogens with one attached hydrogen (secondary N) is 2. The zero-order valence-electron chi connectivity index (χ0n) is 11.4. The van der Waals surface area contributed by atoms with Crippen molar-refractivity contribution in [3.63, 3.8) is 0 Å². The topological polar surface area (TPSA) is 70.6 Å². The molecule has 3 rings (SSSR count). The second-order valence-corrected chi connectivity index (χ2v) is 5.63. The quantitative estimate of drug-likeness (QED) is 0.772. The summed E-state index contributed by atoms with van der Waals surface area (Å²) in [6, 6.07) is 5.67. The van der Waals surface area contributed by atoms with Crippen LogP contribution >= 0.6 is 0 Å². The zero-order chi connectivity index (χ0) is 14.0. The summed E-state index contributed by atoms with van der Waals surface area (Å²) in [5.74, 6) is 0.821. The second kappa shape index (κ2) is 5.42. The number of carbonyl (C=O) groups is 1. The molecule has 3 N–H and O–H groups in total. The lowest BCUT2D eigenvalue weighted by Crippen LogP contribution is -2.45. The number of hydrogen-bond donors (Lipinski definition) is 3. The third-order valence-corrected chi connectivity index (χ3v) is 4.01. The van der Waals surface area contributed by atoms with E-state index in [4.69, 9.17) is 4.74 Å². The van der Waals surface area contributed by atoms with Crippen LogP contribution in [-0.4, -0.2) is 36.3 Å². The average molecular weight is 276 g/mol. The van der Waals surface area contributed by atoms with Gasteiger partial charge in [0.1, 0.15) is 18.0 Å². The van der Waals surface area contributed by atoms with Crippen molar-refractivity contribution in [3.05, 3.63) is 23.8 Å². The Morgan fingerprint density at radius 3 is 2.85 bits per heavy atom. The van der Waals surface area contributed by atoms with Crippen molar-refractivity contribution >= 4 is 11.6 Å². The lowest BCUT2D eigenvalue weighted by Gasteiger charge is -2.32. The van der Waals surface area contributed by atoms with E-state index in [0.717, 1.165) is 36.5 Å². The van der Waals surface area contributed by atoms with Crippen LogP contribution in [0, 0.1) is 0 Å². The molecule has 0 aromatic heterocycles. The molecule has 0 atom stereocenters. The van der Waals surface area contributed by atoms with Gasteiger partial charge < -0.3 is 20.5 Å². The minimum atomic E-state index is -0.727. The average Bonchev–Trinajstić information content (AvgIpc) is 2.46. The van der Waals surface area contributed by atoms with Gasteiger partial charge in [-0.1, -0.05) is 0 Å². The van der Waals surface area contributed by atoms with E-state index in [9.17, 15) is 9.90 Å². The number of piperidine rings is 1. The highest BCUT2D eigenvalue weighted by Gasteiger charge is 2.30. The maximum absolute atomic E-state index is 11.3. The third kappa shape index (κ3) is 2.94. The molecular formula is C15H20N2O3. The van der Waals surface area contributed by atoms with Gasteiger partial charge in [0.25, 0.3) is 0 Å². The molecule has 2 aliphatic heterocycles. The number of ether oxygens (including phenoxy) is 1. The first-order valence-electron chi connectivity index (χ1n) is 7.13. The maximum Gasteiger partial charge on any atom is 0.224 e. The third-order valence-electron chi connectivity index (χ3n) is 4.01. The number of benzene rings is 1. The Balaban J connectivity index is 1.65. The van der Waals surface area contributed by atoms with E-state index in [1.54, 1.807) is 0 Å². The second-order valence-electron chi connectivity index (χ2n) is 5.63. The predicted octanol–water partition coefficient (Wildman–Crippen LogP) is 1.06. The molecule has 1 aromatic rings. The standard InChI is InChI=1S/C15H20N2O3/c18-14-4-1-11-9-12(2-3-13(11)17-14)20-10-15(19)5-7-16-8-6-15/h2-3,9,16,19H,1,4-8,10H2,(H,17,18). The summed E-state index contributed by atoms with van der Waals surface area (Å²) in [6.07, 6.45) is 2.70. The molecule has 1 fully saturated rings. The fourth-order valence-corrected chi connectivity index (χ4v) is 2.70. The predicted molar refractivity (Wildman–Crippen MR) is 75.9 cm³/mol. The Labute approximate surface area is 118 Å². The van der Waals surface area contributed by atoms with Gasteiger partial charge in [0.15, 0.2) is 0 Å². The number of anilines is 1. The van der Waals surface area contributed by atoms with E-state index in [0.29, 0.717) is 25.9 Å². The largest absolute Gasteiger partial charge is 0.491 e. The van der Waals surface area contributed by atoms with Gasteiger partial charge in [0, 0.05) is 12.1 Å². The van der Waals surface area contributed by atoms with E-state index in [1.165, 1.54) is 0 Å². The summed E-state index contributed by atoms with van der Waals surface area (Å²) < 4.78 is 5.75. The van der Waals surface area contributed by atoms with Crippen LogP contribution in [0.1, 0.15) is 24.8 Å². The Kier molecular flexibility index (Phi) is 3.63. The van der Waals surface area contributed by atoms with E-state index in [-0.39, 0.29) is 5.91 Å². The summed E-state index contributed by atoms with van der Waals surface area (Å²) in [5.41, 5.74) is 1.24. The summed E-state index contributed by atoms with van der Waals surface area (Å²) in [4.78, 5) is 11.3. The normalized spacial score (nSPS) is 20.9. The van der Waals surface area contributed by atoms with Crippen molar-refractivity contribution in [2.45, 2.75) is 31.3 Å². The first kappa shape index (κ1) is 13.4. The van der Waals surface area contributed by atoms with Gasteiger partial charge in [-0.05, 0) is 56.1 Å². The highest BCUT2D eigenvalue weighted by Crippen LogP contribution is 2.28. The molecule has 1 aromatic carbocycles. The molecule has 108 valence electrons. The van der Waals surface area contributed by atoms with Crippen molar-refractivity contribution in [1.29, 1.82) is 0 Å². The lowest BCUT2D eigenvalue weighted by atomic mass is 9.93. The monoisotopic (exact) mass is 276 g/mol. The summed E-state index contributed by atoms with van der Waals surface area (Å²) in [7, 11) is 0. The molecule has 0 spiro atoms. The highest BCUT2D eigenvalue weighted by molar-refractivity contribution is 5.93. The first-order chi connectivity index (χ1) is 9.65. The molecule has 0 radical (unpaired) electrons. The van der Waals surface area contributed by atoms with Crippen LogP contribution in [0.25, 0.3) is 0 Å². The molecule has 0 aliphatic carbocycles. The van der Waals surface area contributed by atoms with E-state index in [2.05, 4.69) is 10.6 Å². The number of aryl methyl sites for hydroxylation is 1. The van der Waals surface area contributed by atoms with Crippen molar-refractivity contribution in [3.8, 4) is 5.75 Å². The molecule has 5 nitrogen and oxygen atoms in total. The van der Waals surface area contributed by atoms with Gasteiger partial charge in [-0.15, -0.1) is 0 Å². The Hall–Kier alpha value is -1.59. The van der Waals surface area contributed by atoms with Crippen LogP contribution in [0.4, 0.5) is 5.69 Å². The van der Waals surface area contributed by atoms with Crippen LogP contribution < -0.4 is 15.4 Å². The van der Waals surface area contributed by atoms with Crippen molar-refractivity contribution in [1.82, 2.24) is 5.32 Å². The fourth-order valence-electron chi connectivity index (χ4n) is 2.70. The number of amides is 1. The number of rotatable bonds is 3. The molecule has 2 aliphatic rings. The van der Waals surface area contributed by atoms with Crippen molar-refractivity contribution < 1.29 is 14.6 Å². The molecule has 1 saturated heterocycles. The molecule has 2 heterocycles. The number of carbonyl (C=O) groups excluding carboxylic acids is 1. The lowest BCUT2D eigenvalue weighted by molar-refractivity contribution is -0.116. The van der Waals surface area contributed by atoms with Gasteiger partial charge in [0.05, 0.1) is 0 Å². The van der Waals surface area contributed by atoms with Gasteiger partial charge >= 0.3 is 0 Å². The van der Waals surface area contributed by atoms with Crippen molar-refractivity contribution in [2.75, 3.05) is 25.0 Å². The highest BCUT2D eigenvalue weighted by atomic mass is 16.5. The van der Waals surface area contributed by atoms with E-state index < -0.39 is 5.60 Å². The van der Waals surface area contributed by atoms with Crippen molar-refractivity contribution in [2.24, 2.45) is 0 Å². The fraction of sp³-hybridized carbons (Fsp3) is 0.533. The molecule has 1 amide bonds. The molecule has 20 heavy (non-hydrogen) atoms. The molecule has 0 unspecified atom stereocenters. The minimum absolute atomic E-state index is 0.0650. The van der Waals surface area contributed by atoms with E-state index >= 15 is 0 Å². The summed E-state index contributed by atoms with van der Waals surface area (Å²) in [5, 5.41) is 16.5. The SMILES string of the molecule is O=C1CCc2cc(OCC3(O)CCNCC3)ccc2N1. The Morgan fingerprint density at radius 2 is 2.05 bits per heavy atom. The van der Waals surface area contributed by atoms with Gasteiger partial charge in [-0.25, -0.2) is 0 Å². The van der Waals surface area contributed by atoms with Crippen LogP contribution in [0.2, 0.25) is 0 Å². The smallest absolute Gasteiger partial charge is 0.224 e. The maximum atomic E-state index is 11.3.